The van der Waals surface area contributed by atoms with Crippen molar-refractivity contribution in [2.45, 2.75) is 32.6 Å². The van der Waals surface area contributed by atoms with Crippen molar-refractivity contribution in [3.8, 4) is 11.5 Å². The Morgan fingerprint density at radius 3 is 2.40 bits per heavy atom. The standard InChI is InChI=1S/C27H28N2O6/c1-16-6-11-22-23(12-16)26(32)29(25(22)31)18-7-9-20(10-8-18)35-27(33)17-13-24(30)28(15-17)19-4-3-5-21(14-19)34-2/h3-5,7-10,14,16-17,22-23H,6,11-13,15H2,1-2H3/t16-,17-,22+,23+/m1/s1. The third-order valence-corrected chi connectivity index (χ3v) is 7.32. The molecule has 5 rings (SSSR count). The van der Waals surface area contributed by atoms with E-state index in [4.69, 9.17) is 9.47 Å². The van der Waals surface area contributed by atoms with Gasteiger partial charge in [-0.25, -0.2) is 0 Å². The van der Waals surface area contributed by atoms with E-state index >= 15 is 0 Å². The van der Waals surface area contributed by atoms with Gasteiger partial charge in [-0.05, 0) is 61.6 Å². The molecule has 0 aromatic heterocycles. The summed E-state index contributed by atoms with van der Waals surface area (Å²) >= 11 is 0. The van der Waals surface area contributed by atoms with Crippen molar-refractivity contribution in [3.05, 3.63) is 48.5 Å². The number of hydrogen-bond donors (Lipinski definition) is 0. The van der Waals surface area contributed by atoms with Crippen molar-refractivity contribution in [1.29, 1.82) is 0 Å². The second kappa shape index (κ2) is 9.17. The molecule has 35 heavy (non-hydrogen) atoms. The summed E-state index contributed by atoms with van der Waals surface area (Å²) in [5.41, 5.74) is 1.16. The van der Waals surface area contributed by atoms with Crippen molar-refractivity contribution >= 4 is 35.1 Å². The average Bonchev–Trinajstić information content (AvgIpc) is 3.37. The van der Waals surface area contributed by atoms with Crippen LogP contribution in [0.2, 0.25) is 0 Å². The molecule has 182 valence electrons. The van der Waals surface area contributed by atoms with Gasteiger partial charge in [0.25, 0.3) is 0 Å². The molecule has 8 heteroatoms. The quantitative estimate of drug-likeness (QED) is 0.372. The molecule has 3 aliphatic rings. The maximum absolute atomic E-state index is 12.9. The predicted octanol–water partition coefficient (Wildman–Crippen LogP) is 3.58. The summed E-state index contributed by atoms with van der Waals surface area (Å²) in [6, 6.07) is 13.5. The van der Waals surface area contributed by atoms with Gasteiger partial charge in [0.05, 0.1) is 30.6 Å². The van der Waals surface area contributed by atoms with Crippen LogP contribution >= 0.6 is 0 Å². The van der Waals surface area contributed by atoms with E-state index in [0.29, 0.717) is 28.8 Å². The molecule has 2 saturated heterocycles. The molecule has 2 aromatic rings. The molecule has 3 amide bonds. The minimum absolute atomic E-state index is 0.0616. The van der Waals surface area contributed by atoms with Crippen LogP contribution in [0.1, 0.15) is 32.6 Å². The van der Waals surface area contributed by atoms with E-state index in [1.165, 1.54) is 4.90 Å². The summed E-state index contributed by atoms with van der Waals surface area (Å²) in [5, 5.41) is 0. The van der Waals surface area contributed by atoms with Crippen LogP contribution in [0.15, 0.2) is 48.5 Å². The third-order valence-electron chi connectivity index (χ3n) is 7.32. The molecule has 1 saturated carbocycles. The largest absolute Gasteiger partial charge is 0.497 e. The van der Waals surface area contributed by atoms with E-state index in [0.717, 1.165) is 19.3 Å². The van der Waals surface area contributed by atoms with Crippen molar-refractivity contribution in [3.63, 3.8) is 0 Å². The second-order valence-corrected chi connectivity index (χ2v) is 9.66. The first-order valence-corrected chi connectivity index (χ1v) is 12.0. The van der Waals surface area contributed by atoms with E-state index in [2.05, 4.69) is 6.92 Å². The van der Waals surface area contributed by atoms with E-state index in [-0.39, 0.29) is 42.5 Å². The summed E-state index contributed by atoms with van der Waals surface area (Å²) in [4.78, 5) is 53.9. The van der Waals surface area contributed by atoms with E-state index < -0.39 is 11.9 Å². The predicted molar refractivity (Wildman–Crippen MR) is 128 cm³/mol. The topological polar surface area (TPSA) is 93.2 Å². The van der Waals surface area contributed by atoms with Gasteiger partial charge >= 0.3 is 5.97 Å². The molecule has 2 aromatic carbocycles. The Balaban J connectivity index is 1.24. The van der Waals surface area contributed by atoms with E-state index in [9.17, 15) is 19.2 Å². The zero-order valence-electron chi connectivity index (χ0n) is 19.8. The molecule has 0 N–H and O–H groups in total. The lowest BCUT2D eigenvalue weighted by Crippen LogP contribution is -2.30. The number of imide groups is 1. The van der Waals surface area contributed by atoms with Crippen LogP contribution in [0, 0.1) is 23.7 Å². The molecule has 2 aliphatic heterocycles. The molecular weight excluding hydrogens is 448 g/mol. The second-order valence-electron chi connectivity index (χ2n) is 9.66. The molecule has 0 spiro atoms. The van der Waals surface area contributed by atoms with Gasteiger partial charge in [0.1, 0.15) is 11.5 Å². The average molecular weight is 477 g/mol. The Hall–Kier alpha value is -3.68. The fourth-order valence-corrected chi connectivity index (χ4v) is 5.40. The molecule has 0 radical (unpaired) electrons. The van der Waals surface area contributed by atoms with Crippen LogP contribution in [0.5, 0.6) is 11.5 Å². The molecular formula is C27H28N2O6. The Morgan fingerprint density at radius 1 is 0.914 bits per heavy atom. The number of benzene rings is 2. The van der Waals surface area contributed by atoms with Gasteiger partial charge in [-0.15, -0.1) is 0 Å². The zero-order valence-corrected chi connectivity index (χ0v) is 19.8. The number of carbonyl (C=O) groups is 4. The summed E-state index contributed by atoms with van der Waals surface area (Å²) in [5.74, 6) is -0.627. The Bertz CT molecular complexity index is 1180. The zero-order chi connectivity index (χ0) is 24.7. The molecule has 8 nitrogen and oxygen atoms in total. The normalized spacial score (nSPS) is 26.2. The van der Waals surface area contributed by atoms with Crippen LogP contribution < -0.4 is 19.3 Å². The third kappa shape index (κ3) is 4.29. The van der Waals surface area contributed by atoms with Gasteiger partial charge in [0, 0.05) is 24.7 Å². The van der Waals surface area contributed by atoms with Gasteiger partial charge < -0.3 is 14.4 Å². The van der Waals surface area contributed by atoms with E-state index in [1.807, 2.05) is 0 Å². The highest BCUT2D eigenvalue weighted by molar-refractivity contribution is 6.22. The number of nitrogens with zero attached hydrogens (tertiary/aromatic N) is 2. The highest BCUT2D eigenvalue weighted by Crippen LogP contribution is 2.42. The molecule has 1 aliphatic carbocycles. The first-order valence-electron chi connectivity index (χ1n) is 12.0. The van der Waals surface area contributed by atoms with Crippen LogP contribution in [0.3, 0.4) is 0 Å². The molecule has 0 unspecified atom stereocenters. The van der Waals surface area contributed by atoms with Crippen molar-refractivity contribution < 1.29 is 28.7 Å². The van der Waals surface area contributed by atoms with Gasteiger partial charge in [-0.3, -0.25) is 24.1 Å². The minimum Gasteiger partial charge on any atom is -0.497 e. The Kier molecular flexibility index (Phi) is 6.05. The van der Waals surface area contributed by atoms with Gasteiger partial charge in [-0.1, -0.05) is 13.0 Å². The minimum atomic E-state index is -0.597. The fraction of sp³-hybridized carbons (Fsp3) is 0.407. The Labute approximate surface area is 203 Å². The Morgan fingerprint density at radius 2 is 1.66 bits per heavy atom. The number of hydrogen-bond acceptors (Lipinski definition) is 6. The van der Waals surface area contributed by atoms with Crippen molar-refractivity contribution in [2.24, 2.45) is 23.7 Å². The van der Waals surface area contributed by atoms with Crippen LogP contribution in [0.25, 0.3) is 0 Å². The lowest BCUT2D eigenvalue weighted by atomic mass is 9.76. The van der Waals surface area contributed by atoms with E-state index in [1.54, 1.807) is 60.5 Å². The first kappa shape index (κ1) is 23.1. The van der Waals surface area contributed by atoms with Crippen LogP contribution in [-0.4, -0.2) is 37.3 Å². The smallest absolute Gasteiger partial charge is 0.316 e. The van der Waals surface area contributed by atoms with Crippen molar-refractivity contribution in [1.82, 2.24) is 0 Å². The number of anilines is 2. The molecule has 3 fully saturated rings. The maximum atomic E-state index is 12.9. The van der Waals surface area contributed by atoms with Crippen molar-refractivity contribution in [2.75, 3.05) is 23.5 Å². The molecule has 4 atom stereocenters. The highest BCUT2D eigenvalue weighted by atomic mass is 16.5. The highest BCUT2D eigenvalue weighted by Gasteiger charge is 2.50. The lowest BCUT2D eigenvalue weighted by Gasteiger charge is -2.25. The summed E-state index contributed by atoms with van der Waals surface area (Å²) in [6.07, 6.45) is 2.51. The number of fused-ring (bicyclic) bond motifs is 1. The maximum Gasteiger partial charge on any atom is 0.316 e. The summed E-state index contributed by atoms with van der Waals surface area (Å²) in [6.45, 7) is 2.34. The fourth-order valence-electron chi connectivity index (χ4n) is 5.40. The number of rotatable bonds is 5. The van der Waals surface area contributed by atoms with Gasteiger partial charge in [0.2, 0.25) is 17.7 Å². The lowest BCUT2D eigenvalue weighted by molar-refractivity contribution is -0.139. The van der Waals surface area contributed by atoms with Crippen LogP contribution in [0.4, 0.5) is 11.4 Å². The molecule has 0 bridgehead atoms. The number of ether oxygens (including phenoxy) is 2. The number of methoxy groups -OCH3 is 1. The van der Waals surface area contributed by atoms with Crippen LogP contribution in [-0.2, 0) is 19.2 Å². The number of amides is 3. The SMILES string of the molecule is COc1cccc(N2C[C@H](C(=O)Oc3ccc(N4C(=O)[C@H]5CC[C@@H](C)C[C@@H]5C4=O)cc3)CC2=O)c1. The number of carbonyl (C=O) groups excluding carboxylic acids is 4. The summed E-state index contributed by atoms with van der Waals surface area (Å²) < 4.78 is 10.7. The molecule has 2 heterocycles. The summed E-state index contributed by atoms with van der Waals surface area (Å²) in [7, 11) is 1.55. The monoisotopic (exact) mass is 476 g/mol. The number of esters is 1. The van der Waals surface area contributed by atoms with Gasteiger partial charge in [-0.2, -0.15) is 0 Å². The van der Waals surface area contributed by atoms with Gasteiger partial charge in [0.15, 0.2) is 0 Å². The first-order chi connectivity index (χ1) is 16.9.